The highest BCUT2D eigenvalue weighted by atomic mass is 19.2. The molecule has 0 saturated carbocycles. The van der Waals surface area contributed by atoms with Crippen LogP contribution in [0.1, 0.15) is 37.7 Å². The molecular weight excluding hydrogens is 314 g/mol. The number of carbonyl (C=O) groups excluding carboxylic acids is 1. The maximum Gasteiger partial charge on any atom is 0.220 e. The van der Waals surface area contributed by atoms with Crippen molar-refractivity contribution in [3.63, 3.8) is 0 Å². The molecule has 2 N–H and O–H groups in total. The Kier molecular flexibility index (Phi) is 7.59. The van der Waals surface area contributed by atoms with Crippen LogP contribution in [0, 0.1) is 11.6 Å². The SMILES string of the molecule is O=C(CCCc1ccc(F)c(F)c1)NCCCN1CCC(O)CC1. The van der Waals surface area contributed by atoms with Crippen molar-refractivity contribution in [1.29, 1.82) is 0 Å². The number of nitrogens with zero attached hydrogens (tertiary/aromatic N) is 1. The van der Waals surface area contributed by atoms with Crippen LogP contribution in [0.25, 0.3) is 0 Å². The lowest BCUT2D eigenvalue weighted by molar-refractivity contribution is -0.121. The second-order valence-corrected chi connectivity index (χ2v) is 6.38. The third-order valence-corrected chi connectivity index (χ3v) is 4.38. The van der Waals surface area contributed by atoms with E-state index >= 15 is 0 Å². The van der Waals surface area contributed by atoms with Gasteiger partial charge in [-0.3, -0.25) is 4.79 Å². The van der Waals surface area contributed by atoms with Gasteiger partial charge in [-0.2, -0.15) is 0 Å². The third kappa shape index (κ3) is 6.53. The molecule has 0 atom stereocenters. The van der Waals surface area contributed by atoms with Crippen LogP contribution in [0.15, 0.2) is 18.2 Å². The summed E-state index contributed by atoms with van der Waals surface area (Å²) in [7, 11) is 0. The van der Waals surface area contributed by atoms with Crippen molar-refractivity contribution in [3.05, 3.63) is 35.4 Å². The van der Waals surface area contributed by atoms with Gasteiger partial charge < -0.3 is 15.3 Å². The van der Waals surface area contributed by atoms with Crippen LogP contribution in [0.2, 0.25) is 0 Å². The maximum absolute atomic E-state index is 13.1. The van der Waals surface area contributed by atoms with E-state index in [2.05, 4.69) is 10.2 Å². The van der Waals surface area contributed by atoms with E-state index in [-0.39, 0.29) is 12.0 Å². The molecule has 134 valence electrons. The van der Waals surface area contributed by atoms with Crippen molar-refractivity contribution in [1.82, 2.24) is 10.2 Å². The number of aliphatic hydroxyl groups excluding tert-OH is 1. The second-order valence-electron chi connectivity index (χ2n) is 6.38. The highest BCUT2D eigenvalue weighted by Crippen LogP contribution is 2.11. The largest absolute Gasteiger partial charge is 0.393 e. The number of hydrogen-bond donors (Lipinski definition) is 2. The number of aliphatic hydroxyl groups is 1. The summed E-state index contributed by atoms with van der Waals surface area (Å²) >= 11 is 0. The van der Waals surface area contributed by atoms with E-state index in [4.69, 9.17) is 0 Å². The number of rotatable bonds is 8. The van der Waals surface area contributed by atoms with Gasteiger partial charge in [0.2, 0.25) is 5.91 Å². The van der Waals surface area contributed by atoms with Gasteiger partial charge in [0.15, 0.2) is 11.6 Å². The summed E-state index contributed by atoms with van der Waals surface area (Å²) in [5.74, 6) is -1.70. The average Bonchev–Trinajstić information content (AvgIpc) is 2.56. The van der Waals surface area contributed by atoms with Gasteiger partial charge in [0, 0.05) is 26.1 Å². The monoisotopic (exact) mass is 340 g/mol. The molecule has 1 aromatic carbocycles. The van der Waals surface area contributed by atoms with E-state index < -0.39 is 11.6 Å². The van der Waals surface area contributed by atoms with E-state index in [1.54, 1.807) is 6.07 Å². The van der Waals surface area contributed by atoms with E-state index in [9.17, 15) is 18.7 Å². The first-order valence-corrected chi connectivity index (χ1v) is 8.65. The molecule has 2 rings (SSSR count). The third-order valence-electron chi connectivity index (χ3n) is 4.38. The number of benzene rings is 1. The summed E-state index contributed by atoms with van der Waals surface area (Å²) in [4.78, 5) is 14.1. The minimum Gasteiger partial charge on any atom is -0.393 e. The van der Waals surface area contributed by atoms with Gasteiger partial charge in [0.1, 0.15) is 0 Å². The average molecular weight is 340 g/mol. The minimum atomic E-state index is -0.847. The highest BCUT2D eigenvalue weighted by Gasteiger charge is 2.16. The first-order chi connectivity index (χ1) is 11.5. The Morgan fingerprint density at radius 1 is 1.21 bits per heavy atom. The van der Waals surface area contributed by atoms with Gasteiger partial charge in [0.25, 0.3) is 0 Å². The standard InChI is InChI=1S/C18H26F2N2O2/c19-16-6-5-14(13-17(16)20)3-1-4-18(24)21-9-2-10-22-11-7-15(23)8-12-22/h5-6,13,15,23H,1-4,7-12H2,(H,21,24). The van der Waals surface area contributed by atoms with Crippen LogP contribution in [0.4, 0.5) is 8.78 Å². The van der Waals surface area contributed by atoms with Crippen LogP contribution in [-0.2, 0) is 11.2 Å². The van der Waals surface area contributed by atoms with Gasteiger partial charge in [-0.1, -0.05) is 6.07 Å². The molecule has 0 radical (unpaired) electrons. The zero-order valence-corrected chi connectivity index (χ0v) is 13.9. The molecule has 1 saturated heterocycles. The molecule has 1 amide bonds. The fourth-order valence-corrected chi connectivity index (χ4v) is 2.91. The molecule has 0 spiro atoms. The van der Waals surface area contributed by atoms with Crippen LogP contribution < -0.4 is 5.32 Å². The summed E-state index contributed by atoms with van der Waals surface area (Å²) in [5.41, 5.74) is 0.703. The Balaban J connectivity index is 1.52. The van der Waals surface area contributed by atoms with E-state index in [1.807, 2.05) is 0 Å². The molecule has 0 unspecified atom stereocenters. The number of hydrogen-bond acceptors (Lipinski definition) is 3. The Morgan fingerprint density at radius 3 is 2.67 bits per heavy atom. The predicted molar refractivity (Wildman–Crippen MR) is 88.6 cm³/mol. The zero-order valence-electron chi connectivity index (χ0n) is 13.9. The molecule has 1 aromatic rings. The first kappa shape index (κ1) is 18.8. The highest BCUT2D eigenvalue weighted by molar-refractivity contribution is 5.75. The van der Waals surface area contributed by atoms with Crippen LogP contribution in [0.3, 0.4) is 0 Å². The van der Waals surface area contributed by atoms with Crippen molar-refractivity contribution in [3.8, 4) is 0 Å². The van der Waals surface area contributed by atoms with Gasteiger partial charge in [0.05, 0.1) is 6.10 Å². The molecule has 1 aliphatic rings. The lowest BCUT2D eigenvalue weighted by Crippen LogP contribution is -2.37. The number of likely N-dealkylation sites (tertiary alicyclic amines) is 1. The molecule has 1 aliphatic heterocycles. The van der Waals surface area contributed by atoms with E-state index in [0.717, 1.165) is 45.0 Å². The molecule has 24 heavy (non-hydrogen) atoms. The number of halogens is 2. The normalized spacial score (nSPS) is 16.3. The fraction of sp³-hybridized carbons (Fsp3) is 0.611. The second kappa shape index (κ2) is 9.69. The number of piperidine rings is 1. The Morgan fingerprint density at radius 2 is 1.96 bits per heavy atom. The lowest BCUT2D eigenvalue weighted by atomic mass is 10.1. The van der Waals surface area contributed by atoms with Gasteiger partial charge in [-0.15, -0.1) is 0 Å². The Bertz CT molecular complexity index is 532. The molecule has 0 aromatic heterocycles. The Labute approximate surface area is 141 Å². The quantitative estimate of drug-likeness (QED) is 0.714. The van der Waals surface area contributed by atoms with Crippen LogP contribution >= 0.6 is 0 Å². The number of amides is 1. The first-order valence-electron chi connectivity index (χ1n) is 8.65. The molecule has 1 fully saturated rings. The van der Waals surface area contributed by atoms with Crippen molar-refractivity contribution in [2.24, 2.45) is 0 Å². The fourth-order valence-electron chi connectivity index (χ4n) is 2.91. The van der Waals surface area contributed by atoms with E-state index in [1.165, 1.54) is 6.07 Å². The summed E-state index contributed by atoms with van der Waals surface area (Å²) in [6.45, 7) is 3.41. The molecule has 0 aliphatic carbocycles. The molecular formula is C18H26F2N2O2. The number of carbonyl (C=O) groups is 1. The summed E-state index contributed by atoms with van der Waals surface area (Å²) in [6, 6.07) is 3.85. The molecule has 0 bridgehead atoms. The summed E-state index contributed by atoms with van der Waals surface area (Å²) < 4.78 is 25.9. The van der Waals surface area contributed by atoms with Crippen molar-refractivity contribution >= 4 is 5.91 Å². The van der Waals surface area contributed by atoms with Crippen LogP contribution in [0.5, 0.6) is 0 Å². The Hall–Kier alpha value is -1.53. The van der Waals surface area contributed by atoms with Crippen LogP contribution in [-0.4, -0.2) is 48.2 Å². The van der Waals surface area contributed by atoms with Gasteiger partial charge in [-0.25, -0.2) is 8.78 Å². The molecule has 1 heterocycles. The minimum absolute atomic E-state index is 0.00773. The van der Waals surface area contributed by atoms with Gasteiger partial charge >= 0.3 is 0 Å². The van der Waals surface area contributed by atoms with Gasteiger partial charge in [-0.05, 0) is 56.3 Å². The summed E-state index contributed by atoms with van der Waals surface area (Å²) in [6.07, 6.45) is 3.95. The number of nitrogens with one attached hydrogen (secondary N) is 1. The summed E-state index contributed by atoms with van der Waals surface area (Å²) in [5, 5.41) is 12.3. The maximum atomic E-state index is 13.1. The topological polar surface area (TPSA) is 52.6 Å². The van der Waals surface area contributed by atoms with Crippen molar-refractivity contribution < 1.29 is 18.7 Å². The molecule has 6 heteroatoms. The van der Waals surface area contributed by atoms with Crippen molar-refractivity contribution in [2.45, 2.75) is 44.6 Å². The van der Waals surface area contributed by atoms with E-state index in [0.29, 0.717) is 31.4 Å². The molecule has 4 nitrogen and oxygen atoms in total. The number of aryl methyl sites for hydroxylation is 1. The predicted octanol–water partition coefficient (Wildman–Crippen LogP) is 2.25. The zero-order chi connectivity index (χ0) is 17.4. The van der Waals surface area contributed by atoms with Crippen molar-refractivity contribution in [2.75, 3.05) is 26.2 Å². The smallest absolute Gasteiger partial charge is 0.220 e. The lowest BCUT2D eigenvalue weighted by Gasteiger charge is -2.29.